The maximum Gasteiger partial charge on any atom is 0.155 e. The molecule has 4 nitrogen and oxygen atoms in total. The van der Waals surface area contributed by atoms with Gasteiger partial charge in [0.1, 0.15) is 5.82 Å². The lowest BCUT2D eigenvalue weighted by atomic mass is 10.2. The van der Waals surface area contributed by atoms with Gasteiger partial charge in [0.05, 0.1) is 0 Å². The van der Waals surface area contributed by atoms with Crippen molar-refractivity contribution in [2.75, 3.05) is 17.2 Å². The molecule has 0 bridgehead atoms. The highest BCUT2D eigenvalue weighted by Gasteiger charge is 2.08. The Morgan fingerprint density at radius 3 is 2.59 bits per heavy atom. The van der Waals surface area contributed by atoms with Gasteiger partial charge in [-0.25, -0.2) is 0 Å². The van der Waals surface area contributed by atoms with Crippen molar-refractivity contribution in [3.8, 4) is 0 Å². The lowest BCUT2D eigenvalue weighted by Crippen LogP contribution is -2.18. The van der Waals surface area contributed by atoms with Gasteiger partial charge in [0, 0.05) is 12.2 Å². The number of hydrogen-bond donors (Lipinski definition) is 1. The molecular formula is C13H16N4. The summed E-state index contributed by atoms with van der Waals surface area (Å²) in [6, 6.07) is 12.0. The van der Waals surface area contributed by atoms with Crippen LogP contribution in [0.3, 0.4) is 0 Å². The summed E-state index contributed by atoms with van der Waals surface area (Å²) in [5.74, 6) is 1.25. The third-order valence-corrected chi connectivity index (χ3v) is 2.58. The van der Waals surface area contributed by atoms with E-state index in [9.17, 15) is 0 Å². The number of benzene rings is 1. The quantitative estimate of drug-likeness (QED) is 0.877. The average Bonchev–Trinajstić information content (AvgIpc) is 2.33. The van der Waals surface area contributed by atoms with Gasteiger partial charge in [-0.2, -0.15) is 0 Å². The Balaban J connectivity index is 2.36. The standard InChI is InChI=1S/C13H16N4/c1-3-17(11-6-4-5-10(2)9-11)13-8-7-12(14)15-16-13/h4-9H,3H2,1-2H3,(H2,14,15). The third kappa shape index (κ3) is 2.53. The van der Waals surface area contributed by atoms with Gasteiger partial charge < -0.3 is 10.6 Å². The van der Waals surface area contributed by atoms with Crippen LogP contribution in [0.25, 0.3) is 0 Å². The Morgan fingerprint density at radius 2 is 2.00 bits per heavy atom. The first-order valence-corrected chi connectivity index (χ1v) is 5.64. The summed E-state index contributed by atoms with van der Waals surface area (Å²) >= 11 is 0. The van der Waals surface area contributed by atoms with Crippen LogP contribution in [-0.4, -0.2) is 16.7 Å². The molecule has 0 aliphatic rings. The van der Waals surface area contributed by atoms with Crippen molar-refractivity contribution in [3.05, 3.63) is 42.0 Å². The fourth-order valence-electron chi connectivity index (χ4n) is 1.75. The monoisotopic (exact) mass is 228 g/mol. The van der Waals surface area contributed by atoms with Gasteiger partial charge in [0.25, 0.3) is 0 Å². The number of rotatable bonds is 3. The Kier molecular flexibility index (Phi) is 3.23. The molecule has 1 aromatic carbocycles. The molecule has 2 N–H and O–H groups in total. The zero-order valence-electron chi connectivity index (χ0n) is 10.1. The molecule has 2 rings (SSSR count). The lowest BCUT2D eigenvalue weighted by molar-refractivity contribution is 0.936. The molecule has 17 heavy (non-hydrogen) atoms. The van der Waals surface area contributed by atoms with Gasteiger partial charge in [-0.1, -0.05) is 12.1 Å². The fourth-order valence-corrected chi connectivity index (χ4v) is 1.75. The molecule has 1 aromatic heterocycles. The number of nitrogens with zero attached hydrogens (tertiary/aromatic N) is 3. The number of anilines is 3. The van der Waals surface area contributed by atoms with Crippen LogP contribution in [-0.2, 0) is 0 Å². The van der Waals surface area contributed by atoms with Crippen LogP contribution >= 0.6 is 0 Å². The van der Waals surface area contributed by atoms with Crippen LogP contribution in [0, 0.1) is 6.92 Å². The van der Waals surface area contributed by atoms with Crippen molar-refractivity contribution in [2.45, 2.75) is 13.8 Å². The van der Waals surface area contributed by atoms with Crippen molar-refractivity contribution >= 4 is 17.3 Å². The predicted molar refractivity (Wildman–Crippen MR) is 70.3 cm³/mol. The lowest BCUT2D eigenvalue weighted by Gasteiger charge is -2.21. The van der Waals surface area contributed by atoms with Crippen LogP contribution in [0.1, 0.15) is 12.5 Å². The van der Waals surface area contributed by atoms with Crippen LogP contribution in [0.2, 0.25) is 0 Å². The third-order valence-electron chi connectivity index (χ3n) is 2.58. The first-order valence-electron chi connectivity index (χ1n) is 5.64. The van der Waals surface area contributed by atoms with Crippen LogP contribution in [0.15, 0.2) is 36.4 Å². The molecule has 88 valence electrons. The second-order valence-electron chi connectivity index (χ2n) is 3.90. The minimum Gasteiger partial charge on any atom is -0.382 e. The maximum absolute atomic E-state index is 5.54. The minimum atomic E-state index is 0.439. The fraction of sp³-hybridized carbons (Fsp3) is 0.231. The zero-order chi connectivity index (χ0) is 12.3. The largest absolute Gasteiger partial charge is 0.382 e. The van der Waals surface area contributed by atoms with E-state index in [1.54, 1.807) is 6.07 Å². The predicted octanol–water partition coefficient (Wildman–Crippen LogP) is 2.53. The maximum atomic E-state index is 5.54. The molecular weight excluding hydrogens is 212 g/mol. The van der Waals surface area contributed by atoms with Gasteiger partial charge in [0.15, 0.2) is 5.82 Å². The van der Waals surface area contributed by atoms with E-state index in [1.165, 1.54) is 5.56 Å². The SMILES string of the molecule is CCN(c1cccc(C)c1)c1ccc(N)nn1. The van der Waals surface area contributed by atoms with Crippen LogP contribution in [0.5, 0.6) is 0 Å². The molecule has 1 heterocycles. The summed E-state index contributed by atoms with van der Waals surface area (Å²) in [7, 11) is 0. The number of nitrogens with two attached hydrogens (primary N) is 1. The molecule has 0 radical (unpaired) electrons. The van der Waals surface area contributed by atoms with E-state index < -0.39 is 0 Å². The summed E-state index contributed by atoms with van der Waals surface area (Å²) in [5, 5.41) is 7.99. The molecule has 0 saturated carbocycles. The Labute approximate surface area is 101 Å². The molecule has 4 heteroatoms. The van der Waals surface area contributed by atoms with E-state index in [2.05, 4.69) is 47.1 Å². The van der Waals surface area contributed by atoms with Crippen molar-refractivity contribution in [1.82, 2.24) is 10.2 Å². The van der Waals surface area contributed by atoms with Gasteiger partial charge in [-0.15, -0.1) is 10.2 Å². The van der Waals surface area contributed by atoms with Crippen molar-refractivity contribution in [2.24, 2.45) is 0 Å². The highest BCUT2D eigenvalue weighted by atomic mass is 15.3. The molecule has 2 aromatic rings. The molecule has 0 aliphatic carbocycles. The van der Waals surface area contributed by atoms with E-state index in [-0.39, 0.29) is 0 Å². The highest BCUT2D eigenvalue weighted by molar-refractivity contribution is 5.60. The first kappa shape index (κ1) is 11.4. The molecule has 0 atom stereocenters. The minimum absolute atomic E-state index is 0.439. The summed E-state index contributed by atoms with van der Waals surface area (Å²) in [6.45, 7) is 4.99. The topological polar surface area (TPSA) is 55.0 Å². The highest BCUT2D eigenvalue weighted by Crippen LogP contribution is 2.23. The molecule has 0 unspecified atom stereocenters. The second kappa shape index (κ2) is 4.82. The number of nitrogen functional groups attached to an aromatic ring is 1. The van der Waals surface area contributed by atoms with Gasteiger partial charge >= 0.3 is 0 Å². The Hall–Kier alpha value is -2.10. The molecule has 0 aliphatic heterocycles. The van der Waals surface area contributed by atoms with E-state index in [4.69, 9.17) is 5.73 Å². The molecule has 0 fully saturated rings. The van der Waals surface area contributed by atoms with E-state index in [0.717, 1.165) is 18.1 Å². The smallest absolute Gasteiger partial charge is 0.155 e. The Bertz CT molecular complexity index is 493. The van der Waals surface area contributed by atoms with Gasteiger partial charge in [0.2, 0.25) is 0 Å². The van der Waals surface area contributed by atoms with Crippen molar-refractivity contribution < 1.29 is 0 Å². The number of aryl methyl sites for hydroxylation is 1. The first-order chi connectivity index (χ1) is 8.20. The second-order valence-corrected chi connectivity index (χ2v) is 3.90. The van der Waals surface area contributed by atoms with Crippen LogP contribution in [0.4, 0.5) is 17.3 Å². The molecule has 0 amide bonds. The van der Waals surface area contributed by atoms with Gasteiger partial charge in [-0.3, -0.25) is 0 Å². The van der Waals surface area contributed by atoms with Crippen LogP contribution < -0.4 is 10.6 Å². The zero-order valence-corrected chi connectivity index (χ0v) is 10.1. The van der Waals surface area contributed by atoms with E-state index >= 15 is 0 Å². The van der Waals surface area contributed by atoms with Crippen molar-refractivity contribution in [3.63, 3.8) is 0 Å². The normalized spacial score (nSPS) is 10.2. The average molecular weight is 228 g/mol. The Morgan fingerprint density at radius 1 is 1.18 bits per heavy atom. The summed E-state index contributed by atoms with van der Waals surface area (Å²) < 4.78 is 0. The number of hydrogen-bond acceptors (Lipinski definition) is 4. The van der Waals surface area contributed by atoms with Gasteiger partial charge in [-0.05, 0) is 43.7 Å². The van der Waals surface area contributed by atoms with Crippen molar-refractivity contribution in [1.29, 1.82) is 0 Å². The molecule has 0 spiro atoms. The summed E-state index contributed by atoms with van der Waals surface area (Å²) in [4.78, 5) is 2.10. The molecule has 0 saturated heterocycles. The number of aromatic nitrogens is 2. The van der Waals surface area contributed by atoms with E-state index in [1.807, 2.05) is 12.1 Å². The summed E-state index contributed by atoms with van der Waals surface area (Å²) in [5.41, 5.74) is 7.88. The summed E-state index contributed by atoms with van der Waals surface area (Å²) in [6.07, 6.45) is 0. The van der Waals surface area contributed by atoms with E-state index in [0.29, 0.717) is 5.82 Å².